The molecule has 1 aromatic carbocycles. The minimum atomic E-state index is -0.807. The van der Waals surface area contributed by atoms with Crippen LogP contribution in [0.4, 0.5) is 4.79 Å². The van der Waals surface area contributed by atoms with Crippen LogP contribution < -0.4 is 14.8 Å². The van der Waals surface area contributed by atoms with Gasteiger partial charge in [-0.1, -0.05) is 6.07 Å². The molecule has 3 aliphatic heterocycles. The van der Waals surface area contributed by atoms with Crippen LogP contribution in [0.1, 0.15) is 38.3 Å². The van der Waals surface area contributed by atoms with Gasteiger partial charge in [0, 0.05) is 19.1 Å². The molecule has 0 spiro atoms. The molecule has 1 N–H and O–H groups in total. The first kappa shape index (κ1) is 16.2. The molecule has 2 fully saturated rings. The number of amides is 3. The smallest absolute Gasteiger partial charge is 0.325 e. The highest BCUT2D eigenvalue weighted by molar-refractivity contribution is 6.06. The van der Waals surface area contributed by atoms with Gasteiger partial charge in [0.2, 0.25) is 6.79 Å². The van der Waals surface area contributed by atoms with Gasteiger partial charge >= 0.3 is 6.03 Å². The average Bonchev–Trinajstić information content (AvgIpc) is 3.25. The molecule has 1 aromatic rings. The van der Waals surface area contributed by atoms with E-state index >= 15 is 0 Å². The van der Waals surface area contributed by atoms with E-state index in [2.05, 4.69) is 16.3 Å². The second kappa shape index (κ2) is 5.91. The van der Waals surface area contributed by atoms with E-state index < -0.39 is 5.54 Å². The summed E-state index contributed by atoms with van der Waals surface area (Å²) in [7, 11) is 0. The van der Waals surface area contributed by atoms with Crippen molar-refractivity contribution in [3.8, 4) is 11.5 Å². The van der Waals surface area contributed by atoms with Gasteiger partial charge in [0.25, 0.3) is 5.91 Å². The molecule has 1 atom stereocenters. The molecule has 3 heterocycles. The summed E-state index contributed by atoms with van der Waals surface area (Å²) in [6, 6.07) is 6.06. The lowest BCUT2D eigenvalue weighted by atomic mass is 10.0. The summed E-state index contributed by atoms with van der Waals surface area (Å²) >= 11 is 0. The molecular formula is C18H23N3O4. The second-order valence-corrected chi connectivity index (χ2v) is 7.32. The predicted octanol–water partition coefficient (Wildman–Crippen LogP) is 1.88. The number of nitrogens with zero attached hydrogens (tertiary/aromatic N) is 2. The Bertz CT molecular complexity index is 718. The van der Waals surface area contributed by atoms with Crippen LogP contribution in [0.3, 0.4) is 0 Å². The maximum atomic E-state index is 12.3. The zero-order chi connectivity index (χ0) is 17.6. The number of urea groups is 1. The van der Waals surface area contributed by atoms with Crippen LogP contribution >= 0.6 is 0 Å². The predicted molar refractivity (Wildman–Crippen MR) is 90.4 cm³/mol. The fraction of sp³-hybridized carbons (Fsp3) is 0.556. The molecular weight excluding hydrogens is 322 g/mol. The molecule has 3 amide bonds. The highest BCUT2D eigenvalue weighted by atomic mass is 16.7. The minimum absolute atomic E-state index is 0.156. The van der Waals surface area contributed by atoms with E-state index in [0.717, 1.165) is 30.9 Å². The van der Waals surface area contributed by atoms with Gasteiger partial charge < -0.3 is 14.8 Å². The molecule has 7 heteroatoms. The Hall–Kier alpha value is -2.28. The van der Waals surface area contributed by atoms with E-state index in [4.69, 9.17) is 9.47 Å². The number of rotatable bonds is 4. The Balaban J connectivity index is 1.44. The van der Waals surface area contributed by atoms with Gasteiger partial charge in [-0.25, -0.2) is 4.79 Å². The van der Waals surface area contributed by atoms with E-state index in [1.807, 2.05) is 12.1 Å². The number of benzene rings is 1. The van der Waals surface area contributed by atoms with Crippen molar-refractivity contribution in [2.45, 2.75) is 38.3 Å². The molecule has 0 radical (unpaired) electrons. The first-order chi connectivity index (χ1) is 12.0. The Kier molecular flexibility index (Phi) is 3.83. The highest BCUT2D eigenvalue weighted by Crippen LogP contribution is 2.38. The summed E-state index contributed by atoms with van der Waals surface area (Å²) in [4.78, 5) is 28.0. The number of likely N-dealkylation sites (tertiary alicyclic amines) is 1. The van der Waals surface area contributed by atoms with E-state index in [9.17, 15) is 9.59 Å². The third-order valence-corrected chi connectivity index (χ3v) is 5.20. The lowest BCUT2D eigenvalue weighted by molar-refractivity contribution is -0.130. The van der Waals surface area contributed by atoms with E-state index in [1.54, 1.807) is 13.8 Å². The van der Waals surface area contributed by atoms with Gasteiger partial charge in [0.1, 0.15) is 5.54 Å². The Labute approximate surface area is 146 Å². The fourth-order valence-corrected chi connectivity index (χ4v) is 3.84. The van der Waals surface area contributed by atoms with Gasteiger partial charge in [-0.15, -0.1) is 0 Å². The lowest BCUT2D eigenvalue weighted by Crippen LogP contribution is -2.41. The normalized spacial score (nSPS) is 24.9. The van der Waals surface area contributed by atoms with Crippen molar-refractivity contribution in [2.24, 2.45) is 0 Å². The Morgan fingerprint density at radius 3 is 2.76 bits per heavy atom. The first-order valence-corrected chi connectivity index (χ1v) is 8.73. The maximum Gasteiger partial charge on any atom is 0.325 e. The molecule has 134 valence electrons. The summed E-state index contributed by atoms with van der Waals surface area (Å²) in [5.74, 6) is 1.42. The first-order valence-electron chi connectivity index (χ1n) is 8.73. The number of hydrogen-bond donors (Lipinski definition) is 1. The molecule has 3 aliphatic rings. The van der Waals surface area contributed by atoms with E-state index in [1.165, 1.54) is 10.5 Å². The zero-order valence-electron chi connectivity index (χ0n) is 14.6. The summed E-state index contributed by atoms with van der Waals surface area (Å²) in [6.07, 6.45) is 2.16. The van der Waals surface area contributed by atoms with Gasteiger partial charge in [-0.2, -0.15) is 0 Å². The number of hydrogen-bond acceptors (Lipinski definition) is 5. The summed E-state index contributed by atoms with van der Waals surface area (Å²) in [6.45, 7) is 5.79. The number of nitrogens with one attached hydrogen (secondary N) is 1. The Morgan fingerprint density at radius 1 is 1.20 bits per heavy atom. The number of ether oxygens (including phenoxy) is 2. The topological polar surface area (TPSA) is 71.1 Å². The molecule has 0 saturated carbocycles. The monoisotopic (exact) mass is 345 g/mol. The largest absolute Gasteiger partial charge is 0.454 e. The van der Waals surface area contributed by atoms with Crippen molar-refractivity contribution in [1.29, 1.82) is 0 Å². The van der Waals surface area contributed by atoms with Crippen molar-refractivity contribution in [3.05, 3.63) is 23.8 Å². The van der Waals surface area contributed by atoms with Gasteiger partial charge in [0.15, 0.2) is 11.5 Å². The molecule has 0 bridgehead atoms. The van der Waals surface area contributed by atoms with Crippen LogP contribution in [-0.4, -0.2) is 53.7 Å². The fourth-order valence-electron chi connectivity index (χ4n) is 3.84. The van der Waals surface area contributed by atoms with Gasteiger partial charge in [-0.05, 0) is 50.9 Å². The van der Waals surface area contributed by atoms with Crippen LogP contribution in [0, 0.1) is 0 Å². The number of fused-ring (bicyclic) bond motifs is 1. The second-order valence-electron chi connectivity index (χ2n) is 7.32. The molecule has 0 aliphatic carbocycles. The molecule has 25 heavy (non-hydrogen) atoms. The van der Waals surface area contributed by atoms with Crippen molar-refractivity contribution in [1.82, 2.24) is 15.1 Å². The van der Waals surface area contributed by atoms with Gasteiger partial charge in [0.05, 0.1) is 0 Å². The molecule has 2 saturated heterocycles. The molecule has 7 nitrogen and oxygen atoms in total. The van der Waals surface area contributed by atoms with Crippen molar-refractivity contribution < 1.29 is 19.1 Å². The van der Waals surface area contributed by atoms with E-state index in [0.29, 0.717) is 13.1 Å². The quantitative estimate of drug-likeness (QED) is 0.844. The lowest BCUT2D eigenvalue weighted by Gasteiger charge is -2.26. The van der Waals surface area contributed by atoms with E-state index in [-0.39, 0.29) is 24.8 Å². The van der Waals surface area contributed by atoms with Crippen LogP contribution in [-0.2, 0) is 4.79 Å². The standard InChI is InChI=1S/C18H23N3O4/c1-18(2)16(22)21(17(23)19-18)9-8-20-7-3-4-13(20)12-5-6-14-15(10-12)25-11-24-14/h5-6,10,13H,3-4,7-9,11H2,1-2H3,(H,19,23). The third-order valence-electron chi connectivity index (χ3n) is 5.20. The van der Waals surface area contributed by atoms with Crippen LogP contribution in [0.15, 0.2) is 18.2 Å². The minimum Gasteiger partial charge on any atom is -0.454 e. The maximum absolute atomic E-state index is 12.3. The summed E-state index contributed by atoms with van der Waals surface area (Å²) < 4.78 is 10.9. The van der Waals surface area contributed by atoms with Crippen molar-refractivity contribution in [2.75, 3.05) is 26.4 Å². The highest BCUT2D eigenvalue weighted by Gasteiger charge is 2.44. The molecule has 1 unspecified atom stereocenters. The zero-order valence-corrected chi connectivity index (χ0v) is 14.6. The Morgan fingerprint density at radius 2 is 2.00 bits per heavy atom. The third kappa shape index (κ3) is 2.82. The number of carbonyl (C=O) groups excluding carboxylic acids is 2. The van der Waals surface area contributed by atoms with Crippen molar-refractivity contribution in [3.63, 3.8) is 0 Å². The van der Waals surface area contributed by atoms with Crippen LogP contribution in [0.2, 0.25) is 0 Å². The summed E-state index contributed by atoms with van der Waals surface area (Å²) in [5.41, 5.74) is 0.387. The number of carbonyl (C=O) groups is 2. The average molecular weight is 345 g/mol. The van der Waals surface area contributed by atoms with Crippen LogP contribution in [0.5, 0.6) is 11.5 Å². The van der Waals surface area contributed by atoms with Gasteiger partial charge in [-0.3, -0.25) is 14.6 Å². The summed E-state index contributed by atoms with van der Waals surface area (Å²) in [5, 5.41) is 2.73. The van der Waals surface area contributed by atoms with Crippen molar-refractivity contribution >= 4 is 11.9 Å². The molecule has 4 rings (SSSR count). The molecule has 0 aromatic heterocycles. The van der Waals surface area contributed by atoms with Crippen LogP contribution in [0.25, 0.3) is 0 Å². The SMILES string of the molecule is CC1(C)NC(=O)N(CCN2CCCC2c2ccc3c(c2)OCO3)C1=O. The number of imide groups is 1.